The molecular weight excluding hydrogens is 385 g/mol. The summed E-state index contributed by atoms with van der Waals surface area (Å²) < 4.78 is 44.1. The van der Waals surface area contributed by atoms with Crippen molar-refractivity contribution in [2.75, 3.05) is 5.73 Å². The van der Waals surface area contributed by atoms with Crippen molar-refractivity contribution in [3.05, 3.63) is 59.3 Å². The summed E-state index contributed by atoms with van der Waals surface area (Å²) in [6.45, 7) is 1.48. The Hall–Kier alpha value is -3.36. The second-order valence-corrected chi connectivity index (χ2v) is 6.98. The molecule has 6 nitrogen and oxygen atoms in total. The van der Waals surface area contributed by atoms with Gasteiger partial charge >= 0.3 is 6.18 Å². The van der Waals surface area contributed by atoms with Gasteiger partial charge in [-0.3, -0.25) is 4.99 Å². The summed E-state index contributed by atoms with van der Waals surface area (Å²) in [4.78, 5) is 12.9. The number of phenolic OH excluding ortho intramolecular Hbond substituents is 1. The fourth-order valence-corrected chi connectivity index (χ4v) is 3.16. The number of aliphatic imine (C=N–C) groups is 1. The number of oxazole rings is 1. The second kappa shape index (κ2) is 6.61. The number of rotatable bonds is 4. The number of benzene rings is 1. The van der Waals surface area contributed by atoms with Crippen molar-refractivity contribution in [2.24, 2.45) is 4.99 Å². The molecule has 1 aromatic carbocycles. The lowest BCUT2D eigenvalue weighted by atomic mass is 10.00. The third-order valence-electron chi connectivity index (χ3n) is 4.86. The van der Waals surface area contributed by atoms with Crippen LogP contribution in [0.2, 0.25) is 0 Å². The second-order valence-electron chi connectivity index (χ2n) is 6.98. The summed E-state index contributed by atoms with van der Waals surface area (Å²) in [5.74, 6) is 0.182. The van der Waals surface area contributed by atoms with Crippen LogP contribution in [-0.2, 0) is 11.7 Å². The zero-order valence-corrected chi connectivity index (χ0v) is 15.4. The Balaban J connectivity index is 1.64. The smallest absolute Gasteiger partial charge is 0.416 e. The maximum atomic E-state index is 12.9. The number of aromatic hydroxyl groups is 1. The van der Waals surface area contributed by atoms with E-state index in [9.17, 15) is 18.3 Å². The zero-order valence-electron chi connectivity index (χ0n) is 15.4. The first-order chi connectivity index (χ1) is 13.7. The van der Waals surface area contributed by atoms with Crippen molar-refractivity contribution >= 4 is 12.0 Å². The van der Waals surface area contributed by atoms with E-state index in [1.165, 1.54) is 13.2 Å². The number of anilines is 1. The Bertz CT molecular complexity index is 1060. The summed E-state index contributed by atoms with van der Waals surface area (Å²) in [6.07, 6.45) is 1.73. The molecule has 2 aromatic heterocycles. The van der Waals surface area contributed by atoms with Gasteiger partial charge < -0.3 is 15.3 Å². The standard InChI is InChI=1S/C20H17F3N4O2/c1-11-8-13(20(21,22)23)9-15(28)16(11)14-3-2-12(17(24)27-14)10-26-19(4-5-19)18-25-6-7-29-18/h2-3,6-10,28H,4-5H2,1H3,(H2,24,27). The van der Waals surface area contributed by atoms with E-state index in [0.29, 0.717) is 17.5 Å². The average Bonchev–Trinajstić information content (AvgIpc) is 3.22. The Morgan fingerprint density at radius 1 is 1.28 bits per heavy atom. The third-order valence-corrected chi connectivity index (χ3v) is 4.86. The Kier molecular flexibility index (Phi) is 4.33. The fraction of sp³-hybridized carbons (Fsp3) is 0.250. The minimum atomic E-state index is -4.55. The molecule has 0 amide bonds. The molecule has 3 N–H and O–H groups in total. The highest BCUT2D eigenvalue weighted by molar-refractivity contribution is 5.87. The van der Waals surface area contributed by atoms with Gasteiger partial charge in [-0.1, -0.05) is 0 Å². The number of nitrogens with two attached hydrogens (primary N) is 1. The van der Waals surface area contributed by atoms with Gasteiger partial charge in [0.15, 0.2) is 0 Å². The van der Waals surface area contributed by atoms with Gasteiger partial charge in [-0.15, -0.1) is 0 Å². The predicted octanol–water partition coefficient (Wildman–Crippen LogP) is 4.46. The van der Waals surface area contributed by atoms with E-state index in [1.54, 1.807) is 24.5 Å². The highest BCUT2D eigenvalue weighted by atomic mass is 19.4. The van der Waals surface area contributed by atoms with Crippen LogP contribution in [0, 0.1) is 6.92 Å². The van der Waals surface area contributed by atoms with Crippen molar-refractivity contribution in [3.8, 4) is 17.0 Å². The number of hydrogen-bond acceptors (Lipinski definition) is 6. The topological polar surface area (TPSA) is 97.5 Å². The fourth-order valence-electron chi connectivity index (χ4n) is 3.16. The van der Waals surface area contributed by atoms with Gasteiger partial charge in [0.25, 0.3) is 0 Å². The highest BCUT2D eigenvalue weighted by Gasteiger charge is 2.48. The number of aryl methyl sites for hydroxylation is 1. The molecule has 1 aliphatic carbocycles. The van der Waals surface area contributed by atoms with Crippen LogP contribution < -0.4 is 5.73 Å². The molecule has 1 saturated carbocycles. The van der Waals surface area contributed by atoms with E-state index < -0.39 is 23.0 Å². The summed E-state index contributed by atoms with van der Waals surface area (Å²) in [5.41, 5.74) is 5.90. The van der Waals surface area contributed by atoms with Gasteiger partial charge in [0, 0.05) is 17.3 Å². The van der Waals surface area contributed by atoms with Crippen molar-refractivity contribution in [2.45, 2.75) is 31.5 Å². The molecule has 1 fully saturated rings. The summed E-state index contributed by atoms with van der Waals surface area (Å²) in [6, 6.07) is 4.89. The summed E-state index contributed by atoms with van der Waals surface area (Å²) in [7, 11) is 0. The lowest BCUT2D eigenvalue weighted by Crippen LogP contribution is -2.06. The molecule has 3 aromatic rings. The third kappa shape index (κ3) is 3.55. The summed E-state index contributed by atoms with van der Waals surface area (Å²) in [5, 5.41) is 10.1. The van der Waals surface area contributed by atoms with Gasteiger partial charge in [-0.2, -0.15) is 13.2 Å². The number of pyridine rings is 1. The van der Waals surface area contributed by atoms with E-state index in [-0.39, 0.29) is 22.6 Å². The minimum absolute atomic E-state index is 0.146. The number of aromatic nitrogens is 2. The number of nitrogens with zero attached hydrogens (tertiary/aromatic N) is 3. The van der Waals surface area contributed by atoms with E-state index in [4.69, 9.17) is 10.2 Å². The van der Waals surface area contributed by atoms with E-state index in [2.05, 4.69) is 15.0 Å². The monoisotopic (exact) mass is 402 g/mol. The maximum Gasteiger partial charge on any atom is 0.416 e. The van der Waals surface area contributed by atoms with Gasteiger partial charge in [-0.25, -0.2) is 9.97 Å². The molecule has 2 heterocycles. The minimum Gasteiger partial charge on any atom is -0.507 e. The van der Waals surface area contributed by atoms with Crippen LogP contribution in [0.3, 0.4) is 0 Å². The molecule has 0 atom stereocenters. The van der Waals surface area contributed by atoms with Gasteiger partial charge in [0.2, 0.25) is 5.89 Å². The molecule has 0 radical (unpaired) electrons. The molecule has 0 unspecified atom stereocenters. The van der Waals surface area contributed by atoms with Crippen LogP contribution in [-0.4, -0.2) is 21.3 Å². The van der Waals surface area contributed by atoms with Crippen LogP contribution in [0.15, 0.2) is 46.1 Å². The Labute approximate surface area is 163 Å². The Morgan fingerprint density at radius 2 is 2.03 bits per heavy atom. The summed E-state index contributed by atoms with van der Waals surface area (Å²) >= 11 is 0. The first-order valence-corrected chi connectivity index (χ1v) is 8.82. The normalized spacial score (nSPS) is 15.7. The van der Waals surface area contributed by atoms with Gasteiger partial charge in [-0.05, 0) is 49.6 Å². The van der Waals surface area contributed by atoms with Gasteiger partial charge in [0.05, 0.1) is 17.5 Å². The molecule has 0 saturated heterocycles. The lowest BCUT2D eigenvalue weighted by Gasteiger charge is -2.14. The number of alkyl halides is 3. The van der Waals surface area contributed by atoms with E-state index in [1.807, 2.05) is 0 Å². The van der Waals surface area contributed by atoms with E-state index in [0.717, 1.165) is 18.9 Å². The lowest BCUT2D eigenvalue weighted by molar-refractivity contribution is -0.137. The molecular formula is C20H17F3N4O2. The Morgan fingerprint density at radius 3 is 2.59 bits per heavy atom. The largest absolute Gasteiger partial charge is 0.507 e. The number of hydrogen-bond donors (Lipinski definition) is 2. The number of nitrogen functional groups attached to an aromatic ring is 1. The number of phenols is 1. The zero-order chi connectivity index (χ0) is 20.8. The van der Waals surface area contributed by atoms with Crippen molar-refractivity contribution in [1.29, 1.82) is 0 Å². The van der Waals surface area contributed by atoms with Crippen molar-refractivity contribution < 1.29 is 22.7 Å². The maximum absolute atomic E-state index is 12.9. The SMILES string of the molecule is Cc1cc(C(F)(F)F)cc(O)c1-c1ccc(C=NC2(c3ncco3)CC2)c(N)n1. The predicted molar refractivity (Wildman–Crippen MR) is 100 cm³/mol. The molecule has 29 heavy (non-hydrogen) atoms. The molecule has 0 spiro atoms. The van der Waals surface area contributed by atoms with Crippen LogP contribution in [0.5, 0.6) is 5.75 Å². The van der Waals surface area contributed by atoms with Crippen LogP contribution >= 0.6 is 0 Å². The molecule has 1 aliphatic rings. The molecule has 150 valence electrons. The van der Waals surface area contributed by atoms with Crippen molar-refractivity contribution in [3.63, 3.8) is 0 Å². The molecule has 4 rings (SSSR count). The molecule has 0 bridgehead atoms. The highest BCUT2D eigenvalue weighted by Crippen LogP contribution is 2.48. The van der Waals surface area contributed by atoms with Crippen LogP contribution in [0.1, 0.15) is 35.4 Å². The average molecular weight is 402 g/mol. The van der Waals surface area contributed by atoms with Gasteiger partial charge in [0.1, 0.15) is 23.4 Å². The first kappa shape index (κ1) is 19.0. The van der Waals surface area contributed by atoms with Crippen LogP contribution in [0.25, 0.3) is 11.3 Å². The number of halogens is 3. The van der Waals surface area contributed by atoms with Crippen molar-refractivity contribution in [1.82, 2.24) is 9.97 Å². The molecule has 9 heteroatoms. The van der Waals surface area contributed by atoms with E-state index >= 15 is 0 Å². The quantitative estimate of drug-likeness (QED) is 0.628. The van der Waals surface area contributed by atoms with Crippen LogP contribution in [0.4, 0.5) is 19.0 Å². The molecule has 0 aliphatic heterocycles. The first-order valence-electron chi connectivity index (χ1n) is 8.82.